The summed E-state index contributed by atoms with van der Waals surface area (Å²) < 4.78 is 5.31. The number of anilines is 2. The number of cyclic esters (lactones) is 1. The highest BCUT2D eigenvalue weighted by Gasteiger charge is 2.34. The summed E-state index contributed by atoms with van der Waals surface area (Å²) in [5, 5.41) is 2.73. The van der Waals surface area contributed by atoms with E-state index in [0.717, 1.165) is 24.1 Å². The molecule has 1 fully saturated rings. The number of fused-ring (bicyclic) bond motifs is 1. The maximum Gasteiger partial charge on any atom is 0.414 e. The van der Waals surface area contributed by atoms with Gasteiger partial charge in [0.1, 0.15) is 6.10 Å². The Morgan fingerprint density at radius 1 is 1.46 bits per heavy atom. The number of carbonyl (C=O) groups is 3. The molecule has 1 N–H and O–H groups in total. The molecule has 1 saturated heterocycles. The summed E-state index contributed by atoms with van der Waals surface area (Å²) in [6, 6.07) is 5.79. The molecule has 1 aromatic rings. The third-order valence-electron chi connectivity index (χ3n) is 4.48. The van der Waals surface area contributed by atoms with Gasteiger partial charge in [-0.2, -0.15) is 0 Å². The molecular formula is C17H21N3O4. The first-order valence-corrected chi connectivity index (χ1v) is 8.15. The third kappa shape index (κ3) is 2.93. The van der Waals surface area contributed by atoms with E-state index in [0.29, 0.717) is 25.2 Å². The average Bonchev–Trinajstić information content (AvgIpc) is 3.10. The molecule has 0 spiro atoms. The van der Waals surface area contributed by atoms with E-state index in [4.69, 9.17) is 4.74 Å². The van der Waals surface area contributed by atoms with Crippen molar-refractivity contribution >= 4 is 29.8 Å². The third-order valence-corrected chi connectivity index (χ3v) is 4.48. The minimum Gasteiger partial charge on any atom is -0.442 e. The summed E-state index contributed by atoms with van der Waals surface area (Å²) in [5.41, 5.74) is 2.63. The van der Waals surface area contributed by atoms with Crippen LogP contribution in [0.1, 0.15) is 25.8 Å². The highest BCUT2D eigenvalue weighted by molar-refractivity contribution is 5.92. The summed E-state index contributed by atoms with van der Waals surface area (Å²) in [7, 11) is 0. The summed E-state index contributed by atoms with van der Waals surface area (Å²) in [6.07, 6.45) is 1.22. The van der Waals surface area contributed by atoms with Gasteiger partial charge >= 0.3 is 6.09 Å². The van der Waals surface area contributed by atoms with Crippen LogP contribution in [-0.2, 0) is 20.7 Å². The molecule has 3 amide bonds. The summed E-state index contributed by atoms with van der Waals surface area (Å²) in [6.45, 7) is 4.44. The highest BCUT2D eigenvalue weighted by atomic mass is 16.6. The molecule has 2 aliphatic heterocycles. The fourth-order valence-electron chi connectivity index (χ4n) is 3.14. The van der Waals surface area contributed by atoms with Crippen molar-refractivity contribution < 1.29 is 19.1 Å². The summed E-state index contributed by atoms with van der Waals surface area (Å²) in [5.74, 6) is -0.0716. The van der Waals surface area contributed by atoms with Crippen LogP contribution in [0.3, 0.4) is 0 Å². The van der Waals surface area contributed by atoms with E-state index in [1.165, 1.54) is 4.90 Å². The predicted octanol–water partition coefficient (Wildman–Crippen LogP) is 1.45. The number of benzene rings is 1. The molecule has 0 saturated carbocycles. The first-order valence-electron chi connectivity index (χ1n) is 8.15. The van der Waals surface area contributed by atoms with Gasteiger partial charge in [-0.25, -0.2) is 4.79 Å². The Labute approximate surface area is 140 Å². The minimum atomic E-state index is -0.436. The predicted molar refractivity (Wildman–Crippen MR) is 89.1 cm³/mol. The van der Waals surface area contributed by atoms with Gasteiger partial charge in [-0.1, -0.05) is 13.0 Å². The van der Waals surface area contributed by atoms with Crippen molar-refractivity contribution in [3.8, 4) is 0 Å². The standard InChI is InChI=1S/C17H21N3O4/c1-3-16(22)18-8-14-9-19(17(23)24-14)13-5-4-12-6-11(2)20(10-21)15(12)7-13/h4-5,7,10-11,14H,3,6,8-9H2,1-2H3,(H,18,22). The molecule has 0 bridgehead atoms. The van der Waals surface area contributed by atoms with Gasteiger partial charge in [0, 0.05) is 23.8 Å². The number of carbonyl (C=O) groups excluding carboxylic acids is 3. The monoisotopic (exact) mass is 331 g/mol. The lowest BCUT2D eigenvalue weighted by molar-refractivity contribution is -0.121. The molecule has 24 heavy (non-hydrogen) atoms. The van der Waals surface area contributed by atoms with Crippen LogP contribution in [0.2, 0.25) is 0 Å². The topological polar surface area (TPSA) is 79.0 Å². The first-order chi connectivity index (χ1) is 11.5. The normalized spacial score (nSPS) is 22.3. The second kappa shape index (κ2) is 6.51. The number of rotatable bonds is 5. The molecule has 2 unspecified atom stereocenters. The Bertz CT molecular complexity index is 676. The van der Waals surface area contributed by atoms with E-state index >= 15 is 0 Å². The molecule has 3 rings (SSSR count). The second-order valence-corrected chi connectivity index (χ2v) is 6.15. The molecule has 7 nitrogen and oxygen atoms in total. The number of hydrogen-bond donors (Lipinski definition) is 1. The van der Waals surface area contributed by atoms with Crippen LogP contribution < -0.4 is 15.1 Å². The van der Waals surface area contributed by atoms with Crippen LogP contribution in [0.4, 0.5) is 16.2 Å². The van der Waals surface area contributed by atoms with Gasteiger partial charge < -0.3 is 15.0 Å². The van der Waals surface area contributed by atoms with Crippen molar-refractivity contribution in [1.82, 2.24) is 5.32 Å². The van der Waals surface area contributed by atoms with Gasteiger partial charge in [-0.05, 0) is 31.0 Å². The molecule has 128 valence electrons. The van der Waals surface area contributed by atoms with Crippen molar-refractivity contribution in [1.29, 1.82) is 0 Å². The second-order valence-electron chi connectivity index (χ2n) is 6.15. The van der Waals surface area contributed by atoms with Crippen LogP contribution in [0.25, 0.3) is 0 Å². The lowest BCUT2D eigenvalue weighted by Crippen LogP contribution is -2.34. The minimum absolute atomic E-state index is 0.0716. The Morgan fingerprint density at radius 3 is 2.96 bits per heavy atom. The molecule has 2 aliphatic rings. The van der Waals surface area contributed by atoms with Crippen LogP contribution in [0.5, 0.6) is 0 Å². The Kier molecular flexibility index (Phi) is 4.42. The van der Waals surface area contributed by atoms with E-state index in [1.54, 1.807) is 11.8 Å². The summed E-state index contributed by atoms with van der Waals surface area (Å²) in [4.78, 5) is 38.0. The van der Waals surface area contributed by atoms with Crippen LogP contribution in [-0.4, -0.2) is 43.6 Å². The zero-order valence-corrected chi connectivity index (χ0v) is 13.8. The van der Waals surface area contributed by atoms with Gasteiger partial charge in [0.25, 0.3) is 0 Å². The Hall–Kier alpha value is -2.57. The van der Waals surface area contributed by atoms with Crippen molar-refractivity contribution in [3.63, 3.8) is 0 Å². The van der Waals surface area contributed by atoms with E-state index in [2.05, 4.69) is 5.32 Å². The molecular weight excluding hydrogens is 310 g/mol. The lowest BCUT2D eigenvalue weighted by atomic mass is 10.1. The fraction of sp³-hybridized carbons (Fsp3) is 0.471. The van der Waals surface area contributed by atoms with E-state index in [9.17, 15) is 14.4 Å². The summed E-state index contributed by atoms with van der Waals surface area (Å²) >= 11 is 0. The average molecular weight is 331 g/mol. The van der Waals surface area contributed by atoms with Crippen molar-refractivity contribution in [2.45, 2.75) is 38.8 Å². The SMILES string of the molecule is CCC(=O)NCC1CN(c2ccc3c(c2)N(C=O)C(C)C3)C(=O)O1. The van der Waals surface area contributed by atoms with Gasteiger partial charge in [0.05, 0.1) is 13.1 Å². The van der Waals surface area contributed by atoms with Gasteiger partial charge in [-0.15, -0.1) is 0 Å². The molecule has 2 atom stereocenters. The number of nitrogens with one attached hydrogen (secondary N) is 1. The number of amides is 3. The Morgan fingerprint density at radius 2 is 2.25 bits per heavy atom. The Balaban J connectivity index is 1.73. The molecule has 2 heterocycles. The molecule has 0 radical (unpaired) electrons. The van der Waals surface area contributed by atoms with Crippen LogP contribution in [0.15, 0.2) is 18.2 Å². The van der Waals surface area contributed by atoms with Crippen LogP contribution in [0, 0.1) is 0 Å². The molecule has 0 aliphatic carbocycles. The van der Waals surface area contributed by atoms with Gasteiger partial charge in [-0.3, -0.25) is 14.5 Å². The largest absolute Gasteiger partial charge is 0.442 e. The van der Waals surface area contributed by atoms with Crippen LogP contribution >= 0.6 is 0 Å². The lowest BCUT2D eigenvalue weighted by Gasteiger charge is -2.19. The molecule has 0 aromatic heterocycles. The first kappa shape index (κ1) is 16.3. The highest BCUT2D eigenvalue weighted by Crippen LogP contribution is 2.35. The zero-order chi connectivity index (χ0) is 17.3. The quantitative estimate of drug-likeness (QED) is 0.828. The number of hydrogen-bond acceptors (Lipinski definition) is 4. The van der Waals surface area contributed by atoms with E-state index in [1.807, 2.05) is 25.1 Å². The fourth-order valence-corrected chi connectivity index (χ4v) is 3.14. The van der Waals surface area contributed by atoms with E-state index < -0.39 is 6.09 Å². The molecule has 1 aromatic carbocycles. The maximum absolute atomic E-state index is 12.1. The maximum atomic E-state index is 12.1. The number of nitrogens with zero attached hydrogens (tertiary/aromatic N) is 2. The van der Waals surface area contributed by atoms with E-state index in [-0.39, 0.29) is 18.1 Å². The van der Waals surface area contributed by atoms with Crippen molar-refractivity contribution in [2.24, 2.45) is 0 Å². The van der Waals surface area contributed by atoms with Crippen molar-refractivity contribution in [2.75, 3.05) is 22.9 Å². The van der Waals surface area contributed by atoms with Gasteiger partial charge in [0.15, 0.2) is 0 Å². The van der Waals surface area contributed by atoms with Crippen molar-refractivity contribution in [3.05, 3.63) is 23.8 Å². The number of ether oxygens (including phenoxy) is 1. The van der Waals surface area contributed by atoms with Gasteiger partial charge in [0.2, 0.25) is 12.3 Å². The smallest absolute Gasteiger partial charge is 0.414 e. The zero-order valence-electron chi connectivity index (χ0n) is 13.8. The molecule has 7 heteroatoms.